The number of methoxy groups -OCH3 is 3. The van der Waals surface area contributed by atoms with E-state index in [1.54, 1.807) is 50.5 Å². The summed E-state index contributed by atoms with van der Waals surface area (Å²) in [5.41, 5.74) is 2.85. The van der Waals surface area contributed by atoms with Crippen LogP contribution < -0.4 is 24.4 Å². The maximum absolute atomic E-state index is 14.5. The predicted octanol–water partition coefficient (Wildman–Crippen LogP) is 5.96. The maximum atomic E-state index is 14.5. The van der Waals surface area contributed by atoms with E-state index in [9.17, 15) is 9.59 Å². The monoisotopic (exact) mass is 555 g/mol. The minimum atomic E-state index is -1.02. The fourth-order valence-corrected chi connectivity index (χ4v) is 5.74. The third-order valence-corrected chi connectivity index (χ3v) is 7.82. The Labute approximate surface area is 240 Å². The van der Waals surface area contributed by atoms with Crippen LogP contribution in [0.5, 0.6) is 17.2 Å². The van der Waals surface area contributed by atoms with Gasteiger partial charge in [0.15, 0.2) is 0 Å². The van der Waals surface area contributed by atoms with E-state index in [4.69, 9.17) is 14.2 Å². The average molecular weight is 556 g/mol. The van der Waals surface area contributed by atoms with Crippen molar-refractivity contribution in [2.24, 2.45) is 0 Å². The van der Waals surface area contributed by atoms with Crippen LogP contribution in [0.1, 0.15) is 49.3 Å². The lowest BCUT2D eigenvalue weighted by atomic mass is 9.94. The molecule has 1 aromatic heterocycles. The minimum Gasteiger partial charge on any atom is -0.497 e. The Bertz CT molecular complexity index is 1510. The quantitative estimate of drug-likeness (QED) is 0.252. The summed E-state index contributed by atoms with van der Waals surface area (Å²) < 4.78 is 16.9. The first-order valence-corrected chi connectivity index (χ1v) is 14.1. The molecule has 5 rings (SSSR count). The molecule has 1 aliphatic rings. The van der Waals surface area contributed by atoms with Gasteiger partial charge >= 0.3 is 0 Å². The van der Waals surface area contributed by atoms with Gasteiger partial charge in [-0.3, -0.25) is 14.5 Å². The maximum Gasteiger partial charge on any atom is 0.248 e. The van der Waals surface area contributed by atoms with Gasteiger partial charge in [0.1, 0.15) is 23.3 Å². The lowest BCUT2D eigenvalue weighted by molar-refractivity contribution is -0.127. The van der Waals surface area contributed by atoms with Crippen molar-refractivity contribution >= 4 is 28.4 Å². The highest BCUT2D eigenvalue weighted by Gasteiger charge is 2.37. The average Bonchev–Trinajstić information content (AvgIpc) is 3.42. The summed E-state index contributed by atoms with van der Waals surface area (Å²) in [6.07, 6.45) is 7.06. The van der Waals surface area contributed by atoms with Crippen LogP contribution in [0.2, 0.25) is 0 Å². The first-order chi connectivity index (χ1) is 20.0. The molecule has 41 heavy (non-hydrogen) atoms. The number of hydrogen-bond acceptors (Lipinski definition) is 5. The zero-order chi connectivity index (χ0) is 28.8. The Hall–Kier alpha value is -4.46. The molecule has 0 saturated heterocycles. The van der Waals surface area contributed by atoms with E-state index in [0.717, 1.165) is 42.1 Å². The summed E-state index contributed by atoms with van der Waals surface area (Å²) >= 11 is 0. The van der Waals surface area contributed by atoms with Gasteiger partial charge in [-0.25, -0.2) is 0 Å². The van der Waals surface area contributed by atoms with Crippen molar-refractivity contribution in [1.29, 1.82) is 0 Å². The number of nitrogens with zero attached hydrogens (tertiary/aromatic N) is 1. The molecule has 1 atom stereocenters. The summed E-state index contributed by atoms with van der Waals surface area (Å²) in [7, 11) is 4.69. The molecular weight excluding hydrogens is 518 g/mol. The Morgan fingerprint density at radius 3 is 2.39 bits per heavy atom. The SMILES string of the molecule is COc1ccc([C@H](C(=O)NC2CCCCC2)N(C(=O)Cc2c[nH]c3ccccc23)c2ccccc2OC)c(OC)c1. The molecular formula is C33H37N3O5. The summed E-state index contributed by atoms with van der Waals surface area (Å²) in [5, 5.41) is 4.23. The van der Waals surface area contributed by atoms with E-state index in [1.165, 1.54) is 6.42 Å². The van der Waals surface area contributed by atoms with Gasteiger partial charge in [0.05, 0.1) is 33.4 Å². The number of aromatic amines is 1. The number of aromatic nitrogens is 1. The smallest absolute Gasteiger partial charge is 0.248 e. The van der Waals surface area contributed by atoms with Gasteiger partial charge in [0.25, 0.3) is 0 Å². The fourth-order valence-electron chi connectivity index (χ4n) is 5.74. The van der Waals surface area contributed by atoms with Gasteiger partial charge in [0, 0.05) is 34.8 Å². The van der Waals surface area contributed by atoms with Gasteiger partial charge in [-0.05, 0) is 48.7 Å². The van der Waals surface area contributed by atoms with E-state index in [1.807, 2.05) is 48.7 Å². The van der Waals surface area contributed by atoms with E-state index in [2.05, 4.69) is 10.3 Å². The lowest BCUT2D eigenvalue weighted by Crippen LogP contribution is -2.48. The number of carbonyl (C=O) groups is 2. The van der Waals surface area contributed by atoms with Gasteiger partial charge in [0.2, 0.25) is 11.8 Å². The highest BCUT2D eigenvalue weighted by Crippen LogP contribution is 2.40. The van der Waals surface area contributed by atoms with Crippen LogP contribution in [-0.2, 0) is 16.0 Å². The lowest BCUT2D eigenvalue weighted by Gasteiger charge is -2.34. The van der Waals surface area contributed by atoms with E-state index in [0.29, 0.717) is 28.5 Å². The van der Waals surface area contributed by atoms with Crippen molar-refractivity contribution in [2.75, 3.05) is 26.2 Å². The van der Waals surface area contributed by atoms with Crippen LogP contribution in [0.15, 0.2) is 72.9 Å². The number of hydrogen-bond donors (Lipinski definition) is 2. The van der Waals surface area contributed by atoms with Crippen molar-refractivity contribution < 1.29 is 23.8 Å². The molecule has 1 fully saturated rings. The van der Waals surface area contributed by atoms with Crippen molar-refractivity contribution in [1.82, 2.24) is 10.3 Å². The molecule has 0 radical (unpaired) electrons. The molecule has 1 heterocycles. The molecule has 0 bridgehead atoms. The zero-order valence-electron chi connectivity index (χ0n) is 23.8. The second kappa shape index (κ2) is 12.8. The number of carbonyl (C=O) groups excluding carboxylic acids is 2. The number of nitrogens with one attached hydrogen (secondary N) is 2. The van der Waals surface area contributed by atoms with Crippen molar-refractivity contribution in [3.05, 3.63) is 84.1 Å². The van der Waals surface area contributed by atoms with Crippen LogP contribution in [0.3, 0.4) is 0 Å². The van der Waals surface area contributed by atoms with E-state index in [-0.39, 0.29) is 24.3 Å². The number of rotatable bonds is 10. The molecule has 0 unspecified atom stereocenters. The molecule has 214 valence electrons. The Kier molecular flexibility index (Phi) is 8.77. The van der Waals surface area contributed by atoms with Crippen LogP contribution >= 0.6 is 0 Å². The number of H-pyrrole nitrogens is 1. The number of anilines is 1. The molecule has 8 heteroatoms. The van der Waals surface area contributed by atoms with Crippen LogP contribution in [0.25, 0.3) is 10.9 Å². The summed E-state index contributed by atoms with van der Waals surface area (Å²) in [6.45, 7) is 0. The largest absolute Gasteiger partial charge is 0.497 e. The van der Waals surface area contributed by atoms with Gasteiger partial charge in [-0.2, -0.15) is 0 Å². The highest BCUT2D eigenvalue weighted by molar-refractivity contribution is 6.04. The molecule has 1 aliphatic carbocycles. The zero-order valence-corrected chi connectivity index (χ0v) is 23.8. The summed E-state index contributed by atoms with van der Waals surface area (Å²) in [4.78, 5) is 33.6. The van der Waals surface area contributed by atoms with Crippen molar-refractivity contribution in [3.8, 4) is 17.2 Å². The molecule has 8 nitrogen and oxygen atoms in total. The summed E-state index contributed by atoms with van der Waals surface area (Å²) in [6, 6.07) is 19.5. The standard InChI is InChI=1S/C33H37N3O5/c1-39-24-17-18-26(30(20-24)41-3)32(33(38)35-23-11-5-4-6-12-23)36(28-15-9-10-16-29(28)40-2)31(37)19-22-21-34-27-14-8-7-13-25(22)27/h7-10,13-18,20-21,23,32,34H,4-6,11-12,19H2,1-3H3,(H,35,38)/t32-/m1/s1. The summed E-state index contributed by atoms with van der Waals surface area (Å²) in [5.74, 6) is 1.01. The van der Waals surface area contributed by atoms with Gasteiger partial charge in [-0.1, -0.05) is 49.6 Å². The molecule has 1 saturated carbocycles. The molecule has 3 aromatic carbocycles. The third kappa shape index (κ3) is 6.01. The molecule has 0 spiro atoms. The first kappa shape index (κ1) is 28.1. The minimum absolute atomic E-state index is 0.0474. The van der Waals surface area contributed by atoms with Gasteiger partial charge in [-0.15, -0.1) is 0 Å². The van der Waals surface area contributed by atoms with Crippen molar-refractivity contribution in [2.45, 2.75) is 50.6 Å². The molecule has 2 amide bonds. The third-order valence-electron chi connectivity index (χ3n) is 7.82. The highest BCUT2D eigenvalue weighted by atomic mass is 16.5. The molecule has 0 aliphatic heterocycles. The van der Waals surface area contributed by atoms with E-state index < -0.39 is 6.04 Å². The normalized spacial score (nSPS) is 14.3. The molecule has 2 N–H and O–H groups in total. The predicted molar refractivity (Wildman–Crippen MR) is 160 cm³/mol. The van der Waals surface area contributed by atoms with Crippen LogP contribution in [-0.4, -0.2) is 44.2 Å². The second-order valence-corrected chi connectivity index (χ2v) is 10.3. The Balaban J connectivity index is 1.64. The number of ether oxygens (including phenoxy) is 3. The van der Waals surface area contributed by atoms with Crippen molar-refractivity contribution in [3.63, 3.8) is 0 Å². The van der Waals surface area contributed by atoms with Gasteiger partial charge < -0.3 is 24.5 Å². The number of amides is 2. The molecule has 4 aromatic rings. The topological polar surface area (TPSA) is 92.9 Å². The fraction of sp³-hybridized carbons (Fsp3) is 0.333. The number of para-hydroxylation sites is 3. The number of fused-ring (bicyclic) bond motifs is 1. The second-order valence-electron chi connectivity index (χ2n) is 10.3. The van der Waals surface area contributed by atoms with E-state index >= 15 is 0 Å². The van der Waals surface area contributed by atoms with Crippen LogP contribution in [0.4, 0.5) is 5.69 Å². The number of benzene rings is 3. The first-order valence-electron chi connectivity index (χ1n) is 14.1. The Morgan fingerprint density at radius 2 is 1.63 bits per heavy atom. The Morgan fingerprint density at radius 1 is 0.902 bits per heavy atom. The van der Waals surface area contributed by atoms with Crippen LogP contribution in [0, 0.1) is 0 Å².